The van der Waals surface area contributed by atoms with Crippen LogP contribution in [0.4, 0.5) is 0 Å². The second-order valence-electron chi connectivity index (χ2n) is 5.54. The quantitative estimate of drug-likeness (QED) is 0.863. The fourth-order valence-corrected chi connectivity index (χ4v) is 3.59. The number of nitrogens with one attached hydrogen (secondary N) is 2. The van der Waals surface area contributed by atoms with Crippen LogP contribution in [0.25, 0.3) is 0 Å². The number of pyridine rings is 1. The molecule has 3 rings (SSSR count). The maximum atomic E-state index is 12.4. The van der Waals surface area contributed by atoms with Gasteiger partial charge in [0.2, 0.25) is 5.91 Å². The second-order valence-corrected chi connectivity index (χ2v) is 6.46. The van der Waals surface area contributed by atoms with Crippen LogP contribution in [0.15, 0.2) is 22.9 Å². The van der Waals surface area contributed by atoms with E-state index in [0.717, 1.165) is 30.2 Å². The van der Waals surface area contributed by atoms with E-state index in [9.17, 15) is 9.59 Å². The lowest BCUT2D eigenvalue weighted by atomic mass is 9.77. The zero-order chi connectivity index (χ0) is 14.2. The number of rotatable bonds is 2. The summed E-state index contributed by atoms with van der Waals surface area (Å²) in [6.45, 7) is 0. The van der Waals surface area contributed by atoms with Crippen molar-refractivity contribution in [2.24, 2.45) is 0 Å². The van der Waals surface area contributed by atoms with Crippen LogP contribution in [0, 0.1) is 0 Å². The molecule has 1 aliphatic carbocycles. The molecule has 0 aromatic carbocycles. The summed E-state index contributed by atoms with van der Waals surface area (Å²) in [6, 6.07) is 1.80. The van der Waals surface area contributed by atoms with Crippen LogP contribution >= 0.6 is 15.9 Å². The van der Waals surface area contributed by atoms with Crippen LogP contribution in [0.2, 0.25) is 0 Å². The van der Waals surface area contributed by atoms with Crippen molar-refractivity contribution >= 4 is 27.7 Å². The molecule has 2 fully saturated rings. The third-order valence-electron chi connectivity index (χ3n) is 4.17. The minimum absolute atomic E-state index is 0.0320. The highest BCUT2D eigenvalue weighted by Crippen LogP contribution is 2.35. The highest BCUT2D eigenvalue weighted by atomic mass is 79.9. The molecule has 2 heterocycles. The van der Waals surface area contributed by atoms with Crippen LogP contribution in [0.3, 0.4) is 0 Å². The van der Waals surface area contributed by atoms with Gasteiger partial charge in [0.15, 0.2) is 0 Å². The van der Waals surface area contributed by atoms with Gasteiger partial charge < -0.3 is 10.6 Å². The van der Waals surface area contributed by atoms with Crippen molar-refractivity contribution in [3.05, 3.63) is 28.5 Å². The summed E-state index contributed by atoms with van der Waals surface area (Å²) in [6.07, 6.45) is 7.48. The van der Waals surface area contributed by atoms with Gasteiger partial charge >= 0.3 is 0 Å². The molecule has 2 atom stereocenters. The van der Waals surface area contributed by atoms with Crippen molar-refractivity contribution in [3.63, 3.8) is 0 Å². The number of carbonyl (C=O) groups excluding carboxylic acids is 2. The van der Waals surface area contributed by atoms with Gasteiger partial charge in [0.05, 0.1) is 23.6 Å². The summed E-state index contributed by atoms with van der Waals surface area (Å²) >= 11 is 3.31. The summed E-state index contributed by atoms with van der Waals surface area (Å²) in [4.78, 5) is 28.1. The smallest absolute Gasteiger partial charge is 0.253 e. The zero-order valence-electron chi connectivity index (χ0n) is 11.0. The Morgan fingerprint density at radius 1 is 1.45 bits per heavy atom. The summed E-state index contributed by atoms with van der Waals surface area (Å²) in [5.74, 6) is -0.133. The first kappa shape index (κ1) is 13.5. The molecule has 2 amide bonds. The highest BCUT2D eigenvalue weighted by molar-refractivity contribution is 9.10. The standard InChI is InChI=1S/C14H16BrN3O2/c15-10-5-9(7-16-8-10)13(20)18-14-4-2-1-3-11(14)17-12(19)6-14/h5,7-8,11H,1-4,6H2,(H,17,19)(H,18,20)/t11-,14+/m0/s1. The van der Waals surface area contributed by atoms with Crippen molar-refractivity contribution in [3.8, 4) is 0 Å². The number of aromatic nitrogens is 1. The number of hydrogen-bond donors (Lipinski definition) is 2. The first-order valence-corrected chi connectivity index (χ1v) is 7.61. The fraction of sp³-hybridized carbons (Fsp3) is 0.500. The van der Waals surface area contributed by atoms with E-state index in [1.54, 1.807) is 18.5 Å². The maximum Gasteiger partial charge on any atom is 0.253 e. The van der Waals surface area contributed by atoms with E-state index in [2.05, 4.69) is 31.5 Å². The maximum absolute atomic E-state index is 12.4. The Labute approximate surface area is 125 Å². The van der Waals surface area contributed by atoms with Gasteiger partial charge in [-0.3, -0.25) is 14.6 Å². The van der Waals surface area contributed by atoms with E-state index >= 15 is 0 Å². The Kier molecular flexibility index (Phi) is 3.50. The van der Waals surface area contributed by atoms with E-state index in [4.69, 9.17) is 0 Å². The zero-order valence-corrected chi connectivity index (χ0v) is 12.6. The van der Waals surface area contributed by atoms with Crippen molar-refractivity contribution in [1.82, 2.24) is 15.6 Å². The van der Waals surface area contributed by atoms with Crippen LogP contribution in [0.5, 0.6) is 0 Å². The Morgan fingerprint density at radius 2 is 2.30 bits per heavy atom. The van der Waals surface area contributed by atoms with Gasteiger partial charge in [-0.25, -0.2) is 0 Å². The molecule has 1 aromatic rings. The normalized spacial score (nSPS) is 28.6. The predicted molar refractivity (Wildman–Crippen MR) is 77.1 cm³/mol. The summed E-state index contributed by atoms with van der Waals surface area (Å²) in [5, 5.41) is 6.07. The molecule has 1 aliphatic heterocycles. The lowest BCUT2D eigenvalue weighted by molar-refractivity contribution is -0.119. The van der Waals surface area contributed by atoms with Gasteiger partial charge in [0, 0.05) is 16.9 Å². The number of hydrogen-bond acceptors (Lipinski definition) is 3. The van der Waals surface area contributed by atoms with Crippen LogP contribution in [-0.2, 0) is 4.79 Å². The lowest BCUT2D eigenvalue weighted by Gasteiger charge is -2.38. The topological polar surface area (TPSA) is 71.1 Å². The number of fused-ring (bicyclic) bond motifs is 1. The van der Waals surface area contributed by atoms with Gasteiger partial charge in [0.25, 0.3) is 5.91 Å². The van der Waals surface area contributed by atoms with E-state index in [1.807, 2.05) is 0 Å². The summed E-state index contributed by atoms with van der Waals surface area (Å²) < 4.78 is 0.767. The third kappa shape index (κ3) is 2.44. The van der Waals surface area contributed by atoms with Crippen molar-refractivity contribution in [2.75, 3.05) is 0 Å². The molecule has 1 saturated carbocycles. The van der Waals surface area contributed by atoms with Crippen LogP contribution in [0.1, 0.15) is 42.5 Å². The molecule has 0 radical (unpaired) electrons. The molecule has 0 unspecified atom stereocenters. The molecule has 20 heavy (non-hydrogen) atoms. The molecule has 0 spiro atoms. The largest absolute Gasteiger partial charge is 0.351 e. The molecule has 2 N–H and O–H groups in total. The van der Waals surface area contributed by atoms with Crippen molar-refractivity contribution in [2.45, 2.75) is 43.7 Å². The Hall–Kier alpha value is -1.43. The van der Waals surface area contributed by atoms with Gasteiger partial charge in [-0.2, -0.15) is 0 Å². The predicted octanol–water partition coefficient (Wildman–Crippen LogP) is 1.78. The third-order valence-corrected chi connectivity index (χ3v) is 4.61. The monoisotopic (exact) mass is 337 g/mol. The van der Waals surface area contributed by atoms with E-state index in [1.165, 1.54) is 0 Å². The summed E-state index contributed by atoms with van der Waals surface area (Å²) in [7, 11) is 0. The first-order chi connectivity index (χ1) is 9.59. The average Bonchev–Trinajstić information content (AvgIpc) is 2.74. The van der Waals surface area contributed by atoms with E-state index < -0.39 is 5.54 Å². The van der Waals surface area contributed by atoms with E-state index in [-0.39, 0.29) is 17.9 Å². The van der Waals surface area contributed by atoms with Gasteiger partial charge in [-0.15, -0.1) is 0 Å². The van der Waals surface area contributed by atoms with Crippen LogP contribution < -0.4 is 10.6 Å². The Morgan fingerprint density at radius 3 is 3.10 bits per heavy atom. The van der Waals surface area contributed by atoms with Gasteiger partial charge in [0.1, 0.15) is 0 Å². The Bertz CT molecular complexity index is 563. The molecule has 5 nitrogen and oxygen atoms in total. The molecule has 106 valence electrons. The fourth-order valence-electron chi connectivity index (χ4n) is 3.22. The second kappa shape index (κ2) is 5.16. The SMILES string of the molecule is O=C1C[C@]2(NC(=O)c3cncc(Br)c3)CCCC[C@@H]2N1. The number of halogens is 1. The van der Waals surface area contributed by atoms with Crippen molar-refractivity contribution < 1.29 is 9.59 Å². The molecule has 0 bridgehead atoms. The van der Waals surface area contributed by atoms with Gasteiger partial charge in [-0.1, -0.05) is 12.8 Å². The molecular weight excluding hydrogens is 322 g/mol. The molecule has 1 saturated heterocycles. The molecule has 1 aromatic heterocycles. The molecule has 6 heteroatoms. The highest BCUT2D eigenvalue weighted by Gasteiger charge is 2.49. The van der Waals surface area contributed by atoms with Crippen LogP contribution in [-0.4, -0.2) is 28.4 Å². The minimum Gasteiger partial charge on any atom is -0.351 e. The number of amides is 2. The molecular formula is C14H16BrN3O2. The Balaban J connectivity index is 1.82. The van der Waals surface area contributed by atoms with E-state index in [0.29, 0.717) is 12.0 Å². The first-order valence-electron chi connectivity index (χ1n) is 6.81. The minimum atomic E-state index is -0.422. The van der Waals surface area contributed by atoms with Gasteiger partial charge in [-0.05, 0) is 34.8 Å². The lowest BCUT2D eigenvalue weighted by Crippen LogP contribution is -2.57. The number of carbonyl (C=O) groups is 2. The molecule has 2 aliphatic rings. The average molecular weight is 338 g/mol. The van der Waals surface area contributed by atoms with Crippen molar-refractivity contribution in [1.29, 1.82) is 0 Å². The number of nitrogens with zero attached hydrogens (tertiary/aromatic N) is 1. The summed E-state index contributed by atoms with van der Waals surface area (Å²) in [5.41, 5.74) is 0.0896.